The first-order valence-corrected chi connectivity index (χ1v) is 4.76. The van der Waals surface area contributed by atoms with Gasteiger partial charge in [0.2, 0.25) is 0 Å². The fourth-order valence-corrected chi connectivity index (χ4v) is 2.00. The minimum atomic E-state index is -0.299. The Morgan fingerprint density at radius 1 is 1.50 bits per heavy atom. The molecule has 0 N–H and O–H groups in total. The van der Waals surface area contributed by atoms with Gasteiger partial charge in [-0.05, 0) is 12.1 Å². The van der Waals surface area contributed by atoms with E-state index in [2.05, 4.69) is 11.8 Å². The number of para-hydroxylation sites is 1. The molecule has 1 aromatic carbocycles. The number of benzene rings is 1. The molecule has 1 aliphatic carbocycles. The second kappa shape index (κ2) is 3.02. The molecule has 2 unspecified atom stereocenters. The van der Waals surface area contributed by atoms with E-state index in [1.165, 1.54) is 0 Å². The molecule has 1 aliphatic rings. The molecule has 0 aromatic heterocycles. The fraction of sp³-hybridized carbons (Fsp3) is 0.417. The van der Waals surface area contributed by atoms with Crippen molar-refractivity contribution in [3.05, 3.63) is 41.2 Å². The molecule has 2 rings (SSSR count). The maximum absolute atomic E-state index is 7.28. The monoisotopic (exact) mass is 187 g/mol. The number of nitrogens with zero attached hydrogens (tertiary/aromatic N) is 1. The molecule has 2 nitrogen and oxygen atoms in total. The summed E-state index contributed by atoms with van der Waals surface area (Å²) in [6.07, 6.45) is 0.955. The zero-order valence-corrected chi connectivity index (χ0v) is 8.45. The summed E-state index contributed by atoms with van der Waals surface area (Å²) in [5, 5.41) is 0. The fourth-order valence-electron chi connectivity index (χ4n) is 2.00. The molecule has 0 saturated heterocycles. The Morgan fingerprint density at radius 3 is 2.64 bits per heavy atom. The number of hydrogen-bond acceptors (Lipinski definition) is 1. The minimum absolute atomic E-state index is 0.299. The summed E-state index contributed by atoms with van der Waals surface area (Å²) in [7, 11) is 1.66. The van der Waals surface area contributed by atoms with E-state index in [4.69, 9.17) is 11.3 Å². The number of ether oxygens (including phenoxy) is 1. The predicted octanol–water partition coefficient (Wildman–Crippen LogP) is 2.85. The highest BCUT2D eigenvalue weighted by Gasteiger charge is 2.62. The number of methoxy groups -OCH3 is 1. The van der Waals surface area contributed by atoms with E-state index in [1.54, 1.807) is 7.11 Å². The third-order valence-corrected chi connectivity index (χ3v) is 3.05. The van der Waals surface area contributed by atoms with Gasteiger partial charge in [0.1, 0.15) is 5.75 Å². The highest BCUT2D eigenvalue weighted by atomic mass is 16.5. The van der Waals surface area contributed by atoms with E-state index in [9.17, 15) is 0 Å². The molecule has 1 aromatic rings. The summed E-state index contributed by atoms with van der Waals surface area (Å²) in [6, 6.07) is 7.83. The van der Waals surface area contributed by atoms with Crippen LogP contribution in [0.25, 0.3) is 4.85 Å². The number of rotatable bonds is 2. The lowest BCUT2D eigenvalue weighted by Gasteiger charge is -2.09. The van der Waals surface area contributed by atoms with Crippen LogP contribution in [-0.4, -0.2) is 7.11 Å². The van der Waals surface area contributed by atoms with E-state index in [1.807, 2.05) is 24.3 Å². The van der Waals surface area contributed by atoms with Crippen LogP contribution in [0.5, 0.6) is 5.75 Å². The van der Waals surface area contributed by atoms with Crippen LogP contribution in [0.1, 0.15) is 18.9 Å². The van der Waals surface area contributed by atoms with Crippen LogP contribution in [0.4, 0.5) is 0 Å². The first-order chi connectivity index (χ1) is 6.74. The van der Waals surface area contributed by atoms with Crippen molar-refractivity contribution in [3.8, 4) is 5.75 Å². The Labute approximate surface area is 84.3 Å². The highest BCUT2D eigenvalue weighted by molar-refractivity contribution is 5.46. The van der Waals surface area contributed by atoms with Crippen LogP contribution in [0.2, 0.25) is 0 Å². The Hall–Kier alpha value is -1.49. The van der Waals surface area contributed by atoms with Gasteiger partial charge in [0, 0.05) is 12.3 Å². The SMILES string of the molecule is [C-]#[N+]C1(c2ccccc2OC)CC1C. The zero-order chi connectivity index (χ0) is 10.2. The molecule has 2 atom stereocenters. The van der Waals surface area contributed by atoms with Gasteiger partial charge in [0.25, 0.3) is 5.54 Å². The van der Waals surface area contributed by atoms with E-state index < -0.39 is 0 Å². The molecular weight excluding hydrogens is 174 g/mol. The van der Waals surface area contributed by atoms with Gasteiger partial charge in [-0.25, -0.2) is 6.57 Å². The Bertz CT molecular complexity index is 394. The molecule has 1 fully saturated rings. The molecule has 0 amide bonds. The normalized spacial score (nSPS) is 29.4. The van der Waals surface area contributed by atoms with Gasteiger partial charge in [-0.1, -0.05) is 19.1 Å². The Balaban J connectivity index is 2.47. The number of hydrogen-bond donors (Lipinski definition) is 0. The molecule has 2 heteroatoms. The molecule has 0 aliphatic heterocycles. The third kappa shape index (κ3) is 1.09. The van der Waals surface area contributed by atoms with Crippen LogP contribution >= 0.6 is 0 Å². The predicted molar refractivity (Wildman–Crippen MR) is 55.1 cm³/mol. The van der Waals surface area contributed by atoms with Gasteiger partial charge in [0.05, 0.1) is 12.7 Å². The summed E-state index contributed by atoms with van der Waals surface area (Å²) in [6.45, 7) is 9.39. The van der Waals surface area contributed by atoms with Gasteiger partial charge in [-0.15, -0.1) is 0 Å². The van der Waals surface area contributed by atoms with Crippen LogP contribution in [-0.2, 0) is 5.54 Å². The topological polar surface area (TPSA) is 13.6 Å². The largest absolute Gasteiger partial charge is 0.496 e. The summed E-state index contributed by atoms with van der Waals surface area (Å²) in [4.78, 5) is 3.76. The van der Waals surface area contributed by atoms with Gasteiger partial charge in [-0.2, -0.15) is 0 Å². The van der Waals surface area contributed by atoms with E-state index in [0.717, 1.165) is 17.7 Å². The van der Waals surface area contributed by atoms with E-state index >= 15 is 0 Å². The van der Waals surface area contributed by atoms with E-state index in [0.29, 0.717) is 5.92 Å². The second-order valence-electron chi connectivity index (χ2n) is 3.84. The molecule has 0 radical (unpaired) electrons. The van der Waals surface area contributed by atoms with Crippen molar-refractivity contribution in [1.29, 1.82) is 0 Å². The lowest BCUT2D eigenvalue weighted by molar-refractivity contribution is 0.406. The van der Waals surface area contributed by atoms with Gasteiger partial charge >= 0.3 is 0 Å². The molecule has 72 valence electrons. The molecule has 14 heavy (non-hydrogen) atoms. The van der Waals surface area contributed by atoms with Crippen LogP contribution in [0.15, 0.2) is 24.3 Å². The first-order valence-electron chi connectivity index (χ1n) is 4.76. The van der Waals surface area contributed by atoms with Crippen LogP contribution < -0.4 is 4.74 Å². The van der Waals surface area contributed by atoms with Crippen molar-refractivity contribution in [2.24, 2.45) is 5.92 Å². The maximum Gasteiger partial charge on any atom is 0.264 e. The molecule has 1 saturated carbocycles. The van der Waals surface area contributed by atoms with Crippen molar-refractivity contribution in [2.45, 2.75) is 18.9 Å². The molecule has 0 spiro atoms. The second-order valence-corrected chi connectivity index (χ2v) is 3.84. The first kappa shape index (κ1) is 9.08. The van der Waals surface area contributed by atoms with Gasteiger partial charge in [0.15, 0.2) is 0 Å². The summed E-state index contributed by atoms with van der Waals surface area (Å²) < 4.78 is 5.28. The Morgan fingerprint density at radius 2 is 2.14 bits per heavy atom. The zero-order valence-electron chi connectivity index (χ0n) is 8.45. The molecule has 0 bridgehead atoms. The van der Waals surface area contributed by atoms with E-state index in [-0.39, 0.29) is 5.54 Å². The average molecular weight is 187 g/mol. The highest BCUT2D eigenvalue weighted by Crippen LogP contribution is 2.57. The van der Waals surface area contributed by atoms with Crippen LogP contribution in [0, 0.1) is 12.5 Å². The van der Waals surface area contributed by atoms with Gasteiger partial charge in [-0.3, -0.25) is 0 Å². The van der Waals surface area contributed by atoms with Crippen molar-refractivity contribution >= 4 is 0 Å². The minimum Gasteiger partial charge on any atom is -0.496 e. The van der Waals surface area contributed by atoms with Crippen molar-refractivity contribution in [2.75, 3.05) is 7.11 Å². The van der Waals surface area contributed by atoms with Crippen molar-refractivity contribution in [3.63, 3.8) is 0 Å². The lowest BCUT2D eigenvalue weighted by atomic mass is 10.0. The quantitative estimate of drug-likeness (QED) is 0.649. The van der Waals surface area contributed by atoms with Crippen molar-refractivity contribution in [1.82, 2.24) is 0 Å². The standard InChI is InChI=1S/C12H13NO/c1-9-8-12(9,13-2)10-6-4-5-7-11(10)14-3/h4-7,9H,8H2,1,3H3. The van der Waals surface area contributed by atoms with Crippen LogP contribution in [0.3, 0.4) is 0 Å². The summed E-state index contributed by atoms with van der Waals surface area (Å²) >= 11 is 0. The van der Waals surface area contributed by atoms with Gasteiger partial charge < -0.3 is 9.58 Å². The van der Waals surface area contributed by atoms with Crippen molar-refractivity contribution < 1.29 is 4.74 Å². The summed E-state index contributed by atoms with van der Waals surface area (Å²) in [5.74, 6) is 1.30. The Kier molecular flexibility index (Phi) is 1.96. The third-order valence-electron chi connectivity index (χ3n) is 3.05. The average Bonchev–Trinajstić information content (AvgIpc) is 2.91. The smallest absolute Gasteiger partial charge is 0.264 e. The lowest BCUT2D eigenvalue weighted by Crippen LogP contribution is -2.05. The molecular formula is C12H13NO. The summed E-state index contributed by atoms with van der Waals surface area (Å²) in [5.41, 5.74) is 0.747. The maximum atomic E-state index is 7.28. The molecule has 0 heterocycles.